The Kier molecular flexibility index (Phi) is 5.03. The molecular weight excluding hydrogens is 424 g/mol. The maximum atomic E-state index is 12.5. The molecule has 128 valence electrons. The molecule has 0 fully saturated rings. The number of anilines is 1. The maximum absolute atomic E-state index is 12.5. The van der Waals surface area contributed by atoms with Crippen LogP contribution in [-0.4, -0.2) is 25.6 Å². The van der Waals surface area contributed by atoms with Gasteiger partial charge in [-0.25, -0.2) is 13.4 Å². The van der Waals surface area contributed by atoms with Gasteiger partial charge in [-0.05, 0) is 24.3 Å². The smallest absolute Gasteiger partial charge is 0.258 e. The summed E-state index contributed by atoms with van der Waals surface area (Å²) in [6.07, 6.45) is 1.08. The third-order valence-electron chi connectivity index (χ3n) is 3.40. The molecule has 3 aromatic rings. The van der Waals surface area contributed by atoms with Gasteiger partial charge in [-0.1, -0.05) is 40.2 Å². The standard InChI is InChI=1S/C17H13BrN2O3S2/c1-25(22,23)15-5-3-2-4-13(15)16(21)20-17-19-14(10-24-17)11-6-8-12(18)9-7-11/h2-10H,1H3,(H,19,20,21). The molecule has 1 heterocycles. The first-order valence-corrected chi connectivity index (χ1v) is 10.7. The van der Waals surface area contributed by atoms with Gasteiger partial charge in [-0.2, -0.15) is 0 Å². The van der Waals surface area contributed by atoms with E-state index in [-0.39, 0.29) is 10.5 Å². The van der Waals surface area contributed by atoms with Gasteiger partial charge in [0.1, 0.15) is 0 Å². The number of halogens is 1. The van der Waals surface area contributed by atoms with Crippen LogP contribution >= 0.6 is 27.3 Å². The van der Waals surface area contributed by atoms with Crippen LogP contribution in [0.1, 0.15) is 10.4 Å². The zero-order valence-corrected chi connectivity index (χ0v) is 16.3. The molecule has 5 nitrogen and oxygen atoms in total. The largest absolute Gasteiger partial charge is 0.298 e. The zero-order valence-electron chi connectivity index (χ0n) is 13.1. The lowest BCUT2D eigenvalue weighted by atomic mass is 10.2. The lowest BCUT2D eigenvalue weighted by Crippen LogP contribution is -2.15. The Morgan fingerprint density at radius 3 is 2.48 bits per heavy atom. The first-order chi connectivity index (χ1) is 11.8. The topological polar surface area (TPSA) is 76.1 Å². The van der Waals surface area contributed by atoms with E-state index in [4.69, 9.17) is 0 Å². The third kappa shape index (κ3) is 4.15. The molecule has 0 saturated carbocycles. The SMILES string of the molecule is CS(=O)(=O)c1ccccc1C(=O)Nc1nc(-c2ccc(Br)cc2)cs1. The molecular formula is C17H13BrN2O3S2. The first-order valence-electron chi connectivity index (χ1n) is 7.16. The number of nitrogens with one attached hydrogen (secondary N) is 1. The van der Waals surface area contributed by atoms with Crippen LogP contribution in [0.5, 0.6) is 0 Å². The summed E-state index contributed by atoms with van der Waals surface area (Å²) in [6.45, 7) is 0. The molecule has 1 N–H and O–H groups in total. The number of rotatable bonds is 4. The fourth-order valence-corrected chi connectivity index (χ4v) is 4.09. The molecule has 3 rings (SSSR count). The third-order valence-corrected chi connectivity index (χ3v) is 5.84. The number of carbonyl (C=O) groups excluding carboxylic acids is 1. The van der Waals surface area contributed by atoms with E-state index in [0.29, 0.717) is 5.13 Å². The van der Waals surface area contributed by atoms with Gasteiger partial charge in [0.05, 0.1) is 16.2 Å². The molecule has 1 aromatic heterocycles. The molecule has 0 atom stereocenters. The summed E-state index contributed by atoms with van der Waals surface area (Å²) < 4.78 is 24.6. The number of benzene rings is 2. The Labute approximate surface area is 157 Å². The van der Waals surface area contributed by atoms with E-state index in [2.05, 4.69) is 26.2 Å². The van der Waals surface area contributed by atoms with Crippen molar-refractivity contribution in [2.75, 3.05) is 11.6 Å². The van der Waals surface area contributed by atoms with Crippen molar-refractivity contribution in [2.45, 2.75) is 4.90 Å². The second-order valence-electron chi connectivity index (χ2n) is 5.27. The normalized spacial score (nSPS) is 11.3. The molecule has 0 radical (unpaired) electrons. The molecule has 0 unspecified atom stereocenters. The van der Waals surface area contributed by atoms with Crippen molar-refractivity contribution in [3.63, 3.8) is 0 Å². The lowest BCUT2D eigenvalue weighted by Gasteiger charge is -2.07. The van der Waals surface area contributed by atoms with Crippen molar-refractivity contribution < 1.29 is 13.2 Å². The van der Waals surface area contributed by atoms with Crippen LogP contribution in [0.15, 0.2) is 63.3 Å². The van der Waals surface area contributed by atoms with Crippen LogP contribution in [0.25, 0.3) is 11.3 Å². The van der Waals surface area contributed by atoms with Gasteiger partial charge in [0.2, 0.25) is 0 Å². The quantitative estimate of drug-likeness (QED) is 0.663. The van der Waals surface area contributed by atoms with Gasteiger partial charge in [-0.15, -0.1) is 11.3 Å². The van der Waals surface area contributed by atoms with E-state index in [1.54, 1.807) is 12.1 Å². The van der Waals surface area contributed by atoms with Crippen molar-refractivity contribution >= 4 is 48.1 Å². The van der Waals surface area contributed by atoms with Crippen LogP contribution in [0, 0.1) is 0 Å². The minimum atomic E-state index is -3.49. The van der Waals surface area contributed by atoms with E-state index < -0.39 is 15.7 Å². The van der Waals surface area contributed by atoms with Crippen LogP contribution in [-0.2, 0) is 9.84 Å². The summed E-state index contributed by atoms with van der Waals surface area (Å²) in [5.74, 6) is -0.502. The molecule has 0 saturated heterocycles. The lowest BCUT2D eigenvalue weighted by molar-refractivity contribution is 0.102. The molecule has 8 heteroatoms. The van der Waals surface area contributed by atoms with E-state index in [0.717, 1.165) is 22.0 Å². The van der Waals surface area contributed by atoms with Crippen LogP contribution < -0.4 is 5.32 Å². The fourth-order valence-electron chi connectivity index (χ4n) is 2.23. The molecule has 0 aliphatic rings. The van der Waals surface area contributed by atoms with Gasteiger partial charge in [0.15, 0.2) is 15.0 Å². The zero-order chi connectivity index (χ0) is 18.0. The summed E-state index contributed by atoms with van der Waals surface area (Å²) in [5.41, 5.74) is 1.77. The van der Waals surface area contributed by atoms with E-state index in [1.165, 1.54) is 23.5 Å². The van der Waals surface area contributed by atoms with Gasteiger partial charge in [-0.3, -0.25) is 10.1 Å². The summed E-state index contributed by atoms with van der Waals surface area (Å²) in [6, 6.07) is 13.8. The highest BCUT2D eigenvalue weighted by Crippen LogP contribution is 2.27. The van der Waals surface area contributed by atoms with Crippen LogP contribution in [0.2, 0.25) is 0 Å². The number of hydrogen-bond acceptors (Lipinski definition) is 5. The van der Waals surface area contributed by atoms with Gasteiger partial charge < -0.3 is 0 Å². The van der Waals surface area contributed by atoms with Gasteiger partial charge in [0, 0.05) is 21.7 Å². The highest BCUT2D eigenvalue weighted by molar-refractivity contribution is 9.10. The molecule has 25 heavy (non-hydrogen) atoms. The van der Waals surface area contributed by atoms with Crippen molar-refractivity contribution in [2.24, 2.45) is 0 Å². The van der Waals surface area contributed by atoms with Crippen molar-refractivity contribution in [3.8, 4) is 11.3 Å². The first kappa shape index (κ1) is 17.8. The average molecular weight is 437 g/mol. The van der Waals surface area contributed by atoms with Crippen LogP contribution in [0.3, 0.4) is 0 Å². The van der Waals surface area contributed by atoms with Crippen molar-refractivity contribution in [3.05, 3.63) is 63.9 Å². The van der Waals surface area contributed by atoms with Crippen molar-refractivity contribution in [1.29, 1.82) is 0 Å². The van der Waals surface area contributed by atoms with Gasteiger partial charge in [0.25, 0.3) is 5.91 Å². The van der Waals surface area contributed by atoms with Gasteiger partial charge >= 0.3 is 0 Å². The Bertz CT molecular complexity index is 1030. The van der Waals surface area contributed by atoms with E-state index in [1.807, 2.05) is 29.6 Å². The monoisotopic (exact) mass is 436 g/mol. The summed E-state index contributed by atoms with van der Waals surface area (Å²) >= 11 is 4.66. The average Bonchev–Trinajstić information content (AvgIpc) is 3.03. The molecule has 0 aliphatic heterocycles. The number of sulfone groups is 1. The Hall–Kier alpha value is -2.03. The Morgan fingerprint density at radius 1 is 1.12 bits per heavy atom. The molecule has 2 aromatic carbocycles. The highest BCUT2D eigenvalue weighted by Gasteiger charge is 2.19. The summed E-state index contributed by atoms with van der Waals surface area (Å²) in [5, 5.41) is 4.91. The number of carbonyl (C=O) groups is 1. The number of thiazole rings is 1. The fraction of sp³-hybridized carbons (Fsp3) is 0.0588. The second-order valence-corrected chi connectivity index (χ2v) is 9.03. The molecule has 0 spiro atoms. The number of amides is 1. The Morgan fingerprint density at radius 2 is 1.80 bits per heavy atom. The molecule has 0 aliphatic carbocycles. The highest BCUT2D eigenvalue weighted by atomic mass is 79.9. The van der Waals surface area contributed by atoms with E-state index in [9.17, 15) is 13.2 Å². The molecule has 0 bridgehead atoms. The maximum Gasteiger partial charge on any atom is 0.258 e. The molecule has 1 amide bonds. The van der Waals surface area contributed by atoms with E-state index >= 15 is 0 Å². The number of aromatic nitrogens is 1. The minimum Gasteiger partial charge on any atom is -0.298 e. The summed E-state index contributed by atoms with van der Waals surface area (Å²) in [4.78, 5) is 16.8. The number of hydrogen-bond donors (Lipinski definition) is 1. The van der Waals surface area contributed by atoms with Crippen LogP contribution in [0.4, 0.5) is 5.13 Å². The Balaban J connectivity index is 1.85. The number of nitrogens with zero attached hydrogens (tertiary/aromatic N) is 1. The predicted molar refractivity (Wildman–Crippen MR) is 103 cm³/mol. The van der Waals surface area contributed by atoms with Crippen molar-refractivity contribution in [1.82, 2.24) is 4.98 Å². The predicted octanol–water partition coefficient (Wildman–Crippen LogP) is 4.23. The summed E-state index contributed by atoms with van der Waals surface area (Å²) in [7, 11) is -3.49. The minimum absolute atomic E-state index is 0.00260. The second kappa shape index (κ2) is 7.07.